The smallest absolute Gasteiger partial charge is 0.223 e. The van der Waals surface area contributed by atoms with E-state index in [1.807, 2.05) is 6.92 Å². The molecule has 0 aromatic carbocycles. The molecule has 0 N–H and O–H groups in total. The summed E-state index contributed by atoms with van der Waals surface area (Å²) in [5, 5.41) is 0.244. The topological polar surface area (TPSA) is 25.8 Å². The van der Waals surface area contributed by atoms with E-state index in [0.717, 1.165) is 17.0 Å². The lowest BCUT2D eigenvalue weighted by atomic mass is 10.1. The van der Waals surface area contributed by atoms with Crippen LogP contribution in [0.5, 0.6) is 0 Å². The summed E-state index contributed by atoms with van der Waals surface area (Å²) in [7, 11) is 0. The Labute approximate surface area is 76.6 Å². The SMILES string of the molecule is C=Cc1nc(Cl)nc(C)c1C=C. The van der Waals surface area contributed by atoms with Crippen LogP contribution in [-0.4, -0.2) is 9.97 Å². The molecular weight excluding hydrogens is 172 g/mol. The molecule has 1 aromatic rings. The molecule has 12 heavy (non-hydrogen) atoms. The quantitative estimate of drug-likeness (QED) is 0.654. The van der Waals surface area contributed by atoms with Crippen LogP contribution in [-0.2, 0) is 0 Å². The summed E-state index contributed by atoms with van der Waals surface area (Å²) < 4.78 is 0. The monoisotopic (exact) mass is 180 g/mol. The molecule has 0 spiro atoms. The molecule has 2 nitrogen and oxygen atoms in total. The second kappa shape index (κ2) is 3.50. The molecule has 1 rings (SSSR count). The fourth-order valence-electron chi connectivity index (χ4n) is 0.976. The zero-order valence-electron chi connectivity index (χ0n) is 6.84. The Hall–Kier alpha value is -1.15. The van der Waals surface area contributed by atoms with Gasteiger partial charge in [-0.1, -0.05) is 19.2 Å². The molecular formula is C9H9ClN2. The third-order valence-corrected chi connectivity index (χ3v) is 1.70. The first-order valence-corrected chi connectivity index (χ1v) is 3.86. The molecule has 0 aliphatic heterocycles. The molecule has 0 bridgehead atoms. The highest BCUT2D eigenvalue weighted by atomic mass is 35.5. The maximum absolute atomic E-state index is 5.65. The highest BCUT2D eigenvalue weighted by Gasteiger charge is 2.03. The van der Waals surface area contributed by atoms with Crippen molar-refractivity contribution < 1.29 is 0 Å². The number of hydrogen-bond acceptors (Lipinski definition) is 2. The lowest BCUT2D eigenvalue weighted by molar-refractivity contribution is 1.08. The van der Waals surface area contributed by atoms with Crippen LogP contribution in [0.2, 0.25) is 5.28 Å². The second-order valence-electron chi connectivity index (χ2n) is 2.29. The number of aromatic nitrogens is 2. The van der Waals surface area contributed by atoms with Gasteiger partial charge in [-0.15, -0.1) is 0 Å². The van der Waals surface area contributed by atoms with Gasteiger partial charge in [-0.05, 0) is 24.6 Å². The van der Waals surface area contributed by atoms with Crippen LogP contribution in [0.1, 0.15) is 17.0 Å². The van der Waals surface area contributed by atoms with Crippen LogP contribution >= 0.6 is 11.6 Å². The van der Waals surface area contributed by atoms with E-state index in [-0.39, 0.29) is 5.28 Å². The van der Waals surface area contributed by atoms with E-state index in [1.165, 1.54) is 0 Å². The average molecular weight is 181 g/mol. The van der Waals surface area contributed by atoms with Crippen LogP contribution in [0, 0.1) is 6.92 Å². The van der Waals surface area contributed by atoms with E-state index < -0.39 is 0 Å². The average Bonchev–Trinajstić information content (AvgIpc) is 2.03. The van der Waals surface area contributed by atoms with E-state index in [9.17, 15) is 0 Å². The first kappa shape index (κ1) is 8.94. The van der Waals surface area contributed by atoms with Crippen molar-refractivity contribution in [3.8, 4) is 0 Å². The van der Waals surface area contributed by atoms with Gasteiger partial charge in [0.05, 0.1) is 11.4 Å². The molecule has 0 aliphatic carbocycles. The van der Waals surface area contributed by atoms with Crippen molar-refractivity contribution in [2.75, 3.05) is 0 Å². The summed E-state index contributed by atoms with van der Waals surface area (Å²) in [4.78, 5) is 7.98. The summed E-state index contributed by atoms with van der Waals surface area (Å²) in [5.74, 6) is 0. The van der Waals surface area contributed by atoms with Gasteiger partial charge in [0.1, 0.15) is 0 Å². The van der Waals surface area contributed by atoms with Crippen molar-refractivity contribution in [2.45, 2.75) is 6.92 Å². The fraction of sp³-hybridized carbons (Fsp3) is 0.111. The third-order valence-electron chi connectivity index (χ3n) is 1.54. The Morgan fingerprint density at radius 2 is 1.92 bits per heavy atom. The molecule has 0 saturated carbocycles. The number of aryl methyl sites for hydroxylation is 1. The minimum absolute atomic E-state index is 0.244. The van der Waals surface area contributed by atoms with Crippen LogP contribution in [0.25, 0.3) is 12.2 Å². The Morgan fingerprint density at radius 3 is 2.42 bits per heavy atom. The molecule has 0 unspecified atom stereocenters. The van der Waals surface area contributed by atoms with Gasteiger partial charge in [-0.2, -0.15) is 0 Å². The van der Waals surface area contributed by atoms with Gasteiger partial charge in [0.25, 0.3) is 0 Å². The highest BCUT2D eigenvalue weighted by molar-refractivity contribution is 6.28. The second-order valence-corrected chi connectivity index (χ2v) is 2.62. The van der Waals surface area contributed by atoms with Gasteiger partial charge in [0.15, 0.2) is 0 Å². The normalized spacial score (nSPS) is 9.50. The molecule has 0 atom stereocenters. The lowest BCUT2D eigenvalue weighted by Gasteiger charge is -2.03. The molecule has 0 fully saturated rings. The molecule has 0 amide bonds. The molecule has 1 heterocycles. The van der Waals surface area contributed by atoms with Crippen molar-refractivity contribution >= 4 is 23.8 Å². The van der Waals surface area contributed by atoms with Crippen molar-refractivity contribution in [1.82, 2.24) is 9.97 Å². The molecule has 3 heteroatoms. The van der Waals surface area contributed by atoms with E-state index >= 15 is 0 Å². The number of hydrogen-bond donors (Lipinski definition) is 0. The van der Waals surface area contributed by atoms with E-state index in [4.69, 9.17) is 11.6 Å². The molecule has 1 aromatic heterocycles. The number of halogens is 1. The minimum Gasteiger partial charge on any atom is -0.223 e. The summed E-state index contributed by atoms with van der Waals surface area (Å²) in [6.07, 6.45) is 3.33. The predicted molar refractivity (Wildman–Crippen MR) is 52.0 cm³/mol. The standard InChI is InChI=1S/C9H9ClN2/c1-4-7-6(3)11-9(10)12-8(7)5-2/h4-5H,1-2H2,3H3. The van der Waals surface area contributed by atoms with Gasteiger partial charge in [-0.25, -0.2) is 9.97 Å². The Kier molecular flexibility index (Phi) is 2.61. The van der Waals surface area contributed by atoms with Crippen LogP contribution < -0.4 is 0 Å². The van der Waals surface area contributed by atoms with Crippen molar-refractivity contribution in [2.24, 2.45) is 0 Å². The predicted octanol–water partition coefficient (Wildman–Crippen LogP) is 2.72. The summed E-state index contributed by atoms with van der Waals surface area (Å²) >= 11 is 5.65. The van der Waals surface area contributed by atoms with Gasteiger partial charge >= 0.3 is 0 Å². The number of rotatable bonds is 2. The molecule has 0 saturated heterocycles. The minimum atomic E-state index is 0.244. The first-order valence-electron chi connectivity index (χ1n) is 3.48. The van der Waals surface area contributed by atoms with Crippen LogP contribution in [0.15, 0.2) is 13.2 Å². The summed E-state index contributed by atoms with van der Waals surface area (Å²) in [6, 6.07) is 0. The summed E-state index contributed by atoms with van der Waals surface area (Å²) in [6.45, 7) is 9.14. The zero-order valence-corrected chi connectivity index (χ0v) is 7.60. The van der Waals surface area contributed by atoms with E-state index in [2.05, 4.69) is 23.1 Å². The van der Waals surface area contributed by atoms with Gasteiger partial charge in [-0.3, -0.25) is 0 Å². The fourth-order valence-corrected chi connectivity index (χ4v) is 1.19. The highest BCUT2D eigenvalue weighted by Crippen LogP contribution is 2.15. The van der Waals surface area contributed by atoms with E-state index in [1.54, 1.807) is 12.2 Å². The Balaban J connectivity index is 3.43. The van der Waals surface area contributed by atoms with Crippen LogP contribution in [0.3, 0.4) is 0 Å². The van der Waals surface area contributed by atoms with Gasteiger partial charge in [0, 0.05) is 5.56 Å². The maximum Gasteiger partial charge on any atom is 0.223 e. The largest absolute Gasteiger partial charge is 0.223 e. The van der Waals surface area contributed by atoms with Crippen molar-refractivity contribution in [3.63, 3.8) is 0 Å². The van der Waals surface area contributed by atoms with Crippen molar-refractivity contribution in [3.05, 3.63) is 35.4 Å². The van der Waals surface area contributed by atoms with Gasteiger partial charge in [0.2, 0.25) is 5.28 Å². The zero-order chi connectivity index (χ0) is 9.14. The Morgan fingerprint density at radius 1 is 1.25 bits per heavy atom. The molecule has 0 aliphatic rings. The number of nitrogens with zero attached hydrogens (tertiary/aromatic N) is 2. The van der Waals surface area contributed by atoms with E-state index in [0.29, 0.717) is 0 Å². The maximum atomic E-state index is 5.65. The van der Waals surface area contributed by atoms with Crippen LogP contribution in [0.4, 0.5) is 0 Å². The third kappa shape index (κ3) is 1.53. The first-order chi connectivity index (χ1) is 5.69. The lowest BCUT2D eigenvalue weighted by Crippen LogP contribution is -1.95. The Bertz CT molecular complexity index is 332. The summed E-state index contributed by atoms with van der Waals surface area (Å²) in [5.41, 5.74) is 2.43. The van der Waals surface area contributed by atoms with Crippen molar-refractivity contribution in [1.29, 1.82) is 0 Å². The molecule has 0 radical (unpaired) electrons. The van der Waals surface area contributed by atoms with Gasteiger partial charge < -0.3 is 0 Å². The molecule has 62 valence electrons.